The van der Waals surface area contributed by atoms with Crippen LogP contribution in [0.1, 0.15) is 24.0 Å². The van der Waals surface area contributed by atoms with E-state index >= 15 is 0 Å². The highest BCUT2D eigenvalue weighted by molar-refractivity contribution is 9.10. The Kier molecular flexibility index (Phi) is 7.93. The first kappa shape index (κ1) is 24.1. The summed E-state index contributed by atoms with van der Waals surface area (Å²) in [5.74, 6) is -0.375. The zero-order valence-corrected chi connectivity index (χ0v) is 19.0. The topological polar surface area (TPSA) is 145 Å². The summed E-state index contributed by atoms with van der Waals surface area (Å²) in [4.78, 5) is 47.4. The highest BCUT2D eigenvalue weighted by Crippen LogP contribution is 2.33. The van der Waals surface area contributed by atoms with Crippen molar-refractivity contribution >= 4 is 39.3 Å². The number of non-ortho nitro benzene ring substituents is 1. The van der Waals surface area contributed by atoms with Gasteiger partial charge in [-0.2, -0.15) is 0 Å². The molecular formula is C21H21BrN4O7. The monoisotopic (exact) mass is 520 g/mol. The van der Waals surface area contributed by atoms with Crippen LogP contribution < -0.4 is 5.32 Å². The lowest BCUT2D eigenvalue weighted by atomic mass is 10.1. The van der Waals surface area contributed by atoms with E-state index in [2.05, 4.69) is 21.2 Å². The second-order valence-corrected chi connectivity index (χ2v) is 8.18. The van der Waals surface area contributed by atoms with Gasteiger partial charge in [0.2, 0.25) is 5.91 Å². The van der Waals surface area contributed by atoms with E-state index in [4.69, 9.17) is 4.74 Å². The van der Waals surface area contributed by atoms with Gasteiger partial charge in [0.1, 0.15) is 12.6 Å². The van der Waals surface area contributed by atoms with Crippen molar-refractivity contribution in [2.24, 2.45) is 0 Å². The molecule has 1 aliphatic heterocycles. The van der Waals surface area contributed by atoms with Gasteiger partial charge in [-0.05, 0) is 46.3 Å². The maximum atomic E-state index is 12.7. The zero-order chi connectivity index (χ0) is 24.0. The Hall–Kier alpha value is -3.54. The standard InChI is InChI=1S/C21H21BrN4O7/c22-19-15(11-16(25(29)30)12-18(19)26(31)32)8-9-23-20(27)17-7-4-10-24(17)21(28)33-13-14-5-2-1-3-6-14/h1-3,5-6,11-12,17H,4,7-10,13H2,(H,23,27)/t17-/m0/s1. The Morgan fingerprint density at radius 1 is 1.15 bits per heavy atom. The predicted octanol–water partition coefficient (Wildman–Crippen LogP) is 3.73. The number of hydrogen-bond donors (Lipinski definition) is 1. The third-order valence-corrected chi connectivity index (χ3v) is 6.13. The van der Waals surface area contributed by atoms with Gasteiger partial charge in [-0.15, -0.1) is 0 Å². The molecule has 0 bridgehead atoms. The lowest BCUT2D eigenvalue weighted by Gasteiger charge is -2.23. The van der Waals surface area contributed by atoms with Gasteiger partial charge in [0.05, 0.1) is 20.4 Å². The molecule has 0 spiro atoms. The molecule has 2 aromatic rings. The van der Waals surface area contributed by atoms with Gasteiger partial charge in [-0.3, -0.25) is 29.9 Å². The largest absolute Gasteiger partial charge is 0.445 e. The van der Waals surface area contributed by atoms with Crippen molar-refractivity contribution in [3.8, 4) is 0 Å². The number of benzene rings is 2. The Morgan fingerprint density at radius 2 is 1.88 bits per heavy atom. The molecule has 0 radical (unpaired) electrons. The number of halogens is 1. The summed E-state index contributed by atoms with van der Waals surface area (Å²) in [5, 5.41) is 25.0. The number of carbonyl (C=O) groups is 2. The minimum atomic E-state index is -0.712. The van der Waals surface area contributed by atoms with Gasteiger partial charge < -0.3 is 10.1 Å². The van der Waals surface area contributed by atoms with Crippen molar-refractivity contribution in [2.75, 3.05) is 13.1 Å². The fraction of sp³-hybridized carbons (Fsp3) is 0.333. The van der Waals surface area contributed by atoms with Crippen molar-refractivity contribution < 1.29 is 24.2 Å². The first-order valence-electron chi connectivity index (χ1n) is 10.1. The number of nitro groups is 2. The van der Waals surface area contributed by atoms with Crippen LogP contribution in [0.5, 0.6) is 0 Å². The van der Waals surface area contributed by atoms with E-state index in [0.29, 0.717) is 24.9 Å². The molecule has 1 N–H and O–H groups in total. The maximum absolute atomic E-state index is 12.7. The Bertz CT molecular complexity index is 1060. The van der Waals surface area contributed by atoms with E-state index in [0.717, 1.165) is 11.6 Å². The first-order valence-corrected chi connectivity index (χ1v) is 10.9. The summed E-state index contributed by atoms with van der Waals surface area (Å²) >= 11 is 3.12. The molecule has 2 aromatic carbocycles. The molecule has 1 heterocycles. The smallest absolute Gasteiger partial charge is 0.410 e. The number of amides is 2. The molecule has 33 heavy (non-hydrogen) atoms. The summed E-state index contributed by atoms with van der Waals surface area (Å²) in [5.41, 5.74) is 0.326. The molecule has 0 aliphatic carbocycles. The third kappa shape index (κ3) is 6.04. The molecule has 174 valence electrons. The molecular weight excluding hydrogens is 500 g/mol. The summed E-state index contributed by atoms with van der Waals surface area (Å²) in [6, 6.07) is 10.6. The van der Waals surface area contributed by atoms with Crippen LogP contribution in [0, 0.1) is 20.2 Å². The zero-order valence-electron chi connectivity index (χ0n) is 17.4. The fourth-order valence-electron chi connectivity index (χ4n) is 3.57. The minimum Gasteiger partial charge on any atom is -0.445 e. The second kappa shape index (κ2) is 10.9. The Labute approximate surface area is 197 Å². The minimum absolute atomic E-state index is 0.0825. The van der Waals surface area contributed by atoms with Gasteiger partial charge in [0.25, 0.3) is 11.4 Å². The second-order valence-electron chi connectivity index (χ2n) is 7.38. The van der Waals surface area contributed by atoms with Crippen LogP contribution in [0.2, 0.25) is 0 Å². The van der Waals surface area contributed by atoms with Crippen LogP contribution in [0.15, 0.2) is 46.9 Å². The van der Waals surface area contributed by atoms with Gasteiger partial charge in [0.15, 0.2) is 0 Å². The highest BCUT2D eigenvalue weighted by atomic mass is 79.9. The van der Waals surface area contributed by atoms with Gasteiger partial charge >= 0.3 is 6.09 Å². The molecule has 1 atom stereocenters. The van der Waals surface area contributed by atoms with Crippen molar-refractivity contribution in [3.63, 3.8) is 0 Å². The molecule has 11 nitrogen and oxygen atoms in total. The van der Waals surface area contributed by atoms with Crippen LogP contribution in [-0.4, -0.2) is 45.9 Å². The third-order valence-electron chi connectivity index (χ3n) is 5.21. The quantitative estimate of drug-likeness (QED) is 0.412. The van der Waals surface area contributed by atoms with E-state index in [1.165, 1.54) is 11.0 Å². The number of carbonyl (C=O) groups excluding carboxylic acids is 2. The van der Waals surface area contributed by atoms with Gasteiger partial charge in [-0.1, -0.05) is 30.3 Å². The van der Waals surface area contributed by atoms with Gasteiger partial charge in [0, 0.05) is 19.2 Å². The Morgan fingerprint density at radius 3 is 2.55 bits per heavy atom. The fourth-order valence-corrected chi connectivity index (χ4v) is 4.14. The van der Waals surface area contributed by atoms with Crippen LogP contribution in [0.25, 0.3) is 0 Å². The molecule has 1 fully saturated rings. The SMILES string of the molecule is O=C(NCCc1cc([N+](=O)[O-])cc([N+](=O)[O-])c1Br)[C@@H]1CCCN1C(=O)OCc1ccccc1. The van der Waals surface area contributed by atoms with Gasteiger partial charge in [-0.25, -0.2) is 4.79 Å². The van der Waals surface area contributed by atoms with Crippen LogP contribution in [0.4, 0.5) is 16.2 Å². The van der Waals surface area contributed by atoms with Crippen LogP contribution in [-0.2, 0) is 22.6 Å². The molecule has 12 heteroatoms. The Balaban J connectivity index is 1.58. The lowest BCUT2D eigenvalue weighted by Crippen LogP contribution is -2.46. The summed E-state index contributed by atoms with van der Waals surface area (Å²) < 4.78 is 5.45. The number of nitrogens with one attached hydrogen (secondary N) is 1. The lowest BCUT2D eigenvalue weighted by molar-refractivity contribution is -0.394. The van der Waals surface area contributed by atoms with E-state index in [1.807, 2.05) is 30.3 Å². The number of likely N-dealkylation sites (tertiary alicyclic amines) is 1. The molecule has 0 aromatic heterocycles. The number of ether oxygens (including phenoxy) is 1. The summed E-state index contributed by atoms with van der Waals surface area (Å²) in [6.45, 7) is 0.581. The van der Waals surface area contributed by atoms with Crippen LogP contribution in [0.3, 0.4) is 0 Å². The van der Waals surface area contributed by atoms with E-state index in [-0.39, 0.29) is 30.0 Å². The van der Waals surface area contributed by atoms with Crippen molar-refractivity contribution in [1.29, 1.82) is 0 Å². The average molecular weight is 521 g/mol. The van der Waals surface area contributed by atoms with E-state index in [1.54, 1.807) is 0 Å². The van der Waals surface area contributed by atoms with Crippen LogP contribution >= 0.6 is 15.9 Å². The molecule has 0 saturated carbocycles. The summed E-state index contributed by atoms with van der Waals surface area (Å²) in [6.07, 6.45) is 0.688. The highest BCUT2D eigenvalue weighted by Gasteiger charge is 2.35. The normalized spacial score (nSPS) is 15.2. The summed E-state index contributed by atoms with van der Waals surface area (Å²) in [7, 11) is 0. The van der Waals surface area contributed by atoms with E-state index in [9.17, 15) is 29.8 Å². The number of hydrogen-bond acceptors (Lipinski definition) is 7. The van der Waals surface area contributed by atoms with E-state index < -0.39 is 33.4 Å². The molecule has 2 amide bonds. The average Bonchev–Trinajstić information content (AvgIpc) is 3.29. The number of nitro benzene ring substituents is 2. The predicted molar refractivity (Wildman–Crippen MR) is 121 cm³/mol. The van der Waals surface area contributed by atoms with Crippen molar-refractivity contribution in [3.05, 3.63) is 78.3 Å². The number of rotatable bonds is 8. The number of nitrogens with zero attached hydrogens (tertiary/aromatic N) is 3. The molecule has 0 unspecified atom stereocenters. The van der Waals surface area contributed by atoms with Crippen molar-refractivity contribution in [1.82, 2.24) is 10.2 Å². The maximum Gasteiger partial charge on any atom is 0.410 e. The molecule has 1 aliphatic rings. The molecule has 3 rings (SSSR count). The molecule has 1 saturated heterocycles. The van der Waals surface area contributed by atoms with Crippen molar-refractivity contribution in [2.45, 2.75) is 31.9 Å². The first-order chi connectivity index (χ1) is 15.8.